The summed E-state index contributed by atoms with van der Waals surface area (Å²) in [5.41, 5.74) is -0.460. The number of hydrogen-bond donors (Lipinski definition) is 1. The van der Waals surface area contributed by atoms with Crippen LogP contribution in [0.1, 0.15) is 27.7 Å². The van der Waals surface area contributed by atoms with Gasteiger partial charge in [0.05, 0.1) is 16.6 Å². The first-order valence-electron chi connectivity index (χ1n) is 7.00. The van der Waals surface area contributed by atoms with Gasteiger partial charge in [0.1, 0.15) is 6.33 Å². The highest BCUT2D eigenvalue weighted by molar-refractivity contribution is 5.70. The van der Waals surface area contributed by atoms with Crippen molar-refractivity contribution in [3.8, 4) is 0 Å². The summed E-state index contributed by atoms with van der Waals surface area (Å²) >= 11 is 0. The molecule has 0 aromatic carbocycles. The third kappa shape index (κ3) is 3.38. The molecule has 0 saturated carbocycles. The zero-order valence-corrected chi connectivity index (χ0v) is 12.8. The number of morpholine rings is 1. The molecule has 1 unspecified atom stereocenters. The van der Waals surface area contributed by atoms with Crippen LogP contribution in [0.5, 0.6) is 0 Å². The lowest BCUT2D eigenvalue weighted by Gasteiger charge is -2.41. The number of nitrogens with one attached hydrogen (secondary N) is 1. The van der Waals surface area contributed by atoms with E-state index in [0.29, 0.717) is 25.5 Å². The predicted octanol–water partition coefficient (Wildman–Crippen LogP) is 1.82. The maximum Gasteiger partial charge on any atom is 0.353 e. The van der Waals surface area contributed by atoms with E-state index in [0.717, 1.165) is 0 Å². The molecule has 1 aromatic rings. The van der Waals surface area contributed by atoms with Crippen LogP contribution in [0.4, 0.5) is 17.3 Å². The van der Waals surface area contributed by atoms with E-state index in [1.165, 1.54) is 6.33 Å². The van der Waals surface area contributed by atoms with Crippen molar-refractivity contribution in [3.63, 3.8) is 0 Å². The van der Waals surface area contributed by atoms with E-state index in [4.69, 9.17) is 4.74 Å². The molecule has 116 valence electrons. The van der Waals surface area contributed by atoms with E-state index in [-0.39, 0.29) is 23.2 Å². The van der Waals surface area contributed by atoms with Crippen LogP contribution in [-0.2, 0) is 4.74 Å². The van der Waals surface area contributed by atoms with Gasteiger partial charge in [-0.3, -0.25) is 10.1 Å². The van der Waals surface area contributed by atoms with Crippen LogP contribution in [0, 0.1) is 10.1 Å². The minimum absolute atomic E-state index is 0.0223. The first-order chi connectivity index (χ1) is 9.84. The quantitative estimate of drug-likeness (QED) is 0.668. The largest absolute Gasteiger partial charge is 0.369 e. The highest BCUT2D eigenvalue weighted by Gasteiger charge is 2.36. The summed E-state index contributed by atoms with van der Waals surface area (Å²) < 4.78 is 5.83. The number of ether oxygens (including phenoxy) is 1. The van der Waals surface area contributed by atoms with Crippen molar-refractivity contribution < 1.29 is 9.66 Å². The highest BCUT2D eigenvalue weighted by atomic mass is 16.6. The molecule has 2 heterocycles. The van der Waals surface area contributed by atoms with Crippen molar-refractivity contribution in [2.24, 2.45) is 0 Å². The van der Waals surface area contributed by atoms with Gasteiger partial charge >= 0.3 is 5.69 Å². The standard InChI is InChI=1S/C13H21N5O3/c1-5-14-11-10(18(19)20)12(16-8-15-11)17-6-9(2)21-13(3,4)7-17/h8-9H,5-7H2,1-4H3,(H,14,15,16). The Morgan fingerprint density at radius 1 is 1.57 bits per heavy atom. The minimum atomic E-state index is -0.430. The maximum absolute atomic E-state index is 11.4. The lowest BCUT2D eigenvalue weighted by Crippen LogP contribution is -2.52. The molecule has 1 aliphatic heterocycles. The molecule has 0 spiro atoms. The van der Waals surface area contributed by atoms with Gasteiger partial charge in [-0.15, -0.1) is 0 Å². The Kier molecular flexibility index (Phi) is 4.26. The van der Waals surface area contributed by atoms with Crippen molar-refractivity contribution >= 4 is 17.3 Å². The van der Waals surface area contributed by atoms with Crippen LogP contribution in [0.25, 0.3) is 0 Å². The van der Waals surface area contributed by atoms with Crippen LogP contribution in [0.3, 0.4) is 0 Å². The second-order valence-corrected chi connectivity index (χ2v) is 5.75. The summed E-state index contributed by atoms with van der Waals surface area (Å²) in [6.07, 6.45) is 1.33. The van der Waals surface area contributed by atoms with Gasteiger partial charge in [-0.25, -0.2) is 9.97 Å². The predicted molar refractivity (Wildman–Crippen MR) is 79.7 cm³/mol. The van der Waals surface area contributed by atoms with E-state index < -0.39 is 4.92 Å². The lowest BCUT2D eigenvalue weighted by atomic mass is 10.1. The first kappa shape index (κ1) is 15.4. The smallest absolute Gasteiger partial charge is 0.353 e. The second-order valence-electron chi connectivity index (χ2n) is 5.75. The molecule has 0 aliphatic carbocycles. The highest BCUT2D eigenvalue weighted by Crippen LogP contribution is 2.34. The van der Waals surface area contributed by atoms with Crippen molar-refractivity contribution in [1.82, 2.24) is 9.97 Å². The van der Waals surface area contributed by atoms with Gasteiger partial charge in [-0.05, 0) is 27.7 Å². The number of aromatic nitrogens is 2. The molecule has 1 atom stereocenters. The fourth-order valence-electron chi connectivity index (χ4n) is 2.68. The molecule has 8 nitrogen and oxygen atoms in total. The fraction of sp³-hybridized carbons (Fsp3) is 0.692. The van der Waals surface area contributed by atoms with E-state index >= 15 is 0 Å². The zero-order chi connectivity index (χ0) is 15.6. The van der Waals surface area contributed by atoms with Crippen LogP contribution in [0.15, 0.2) is 6.33 Å². The third-order valence-corrected chi connectivity index (χ3v) is 3.20. The van der Waals surface area contributed by atoms with Gasteiger partial charge in [0, 0.05) is 19.6 Å². The van der Waals surface area contributed by atoms with Crippen molar-refractivity contribution in [3.05, 3.63) is 16.4 Å². The van der Waals surface area contributed by atoms with Crippen LogP contribution >= 0.6 is 0 Å². The van der Waals surface area contributed by atoms with Gasteiger partial charge in [-0.1, -0.05) is 0 Å². The molecule has 1 aromatic heterocycles. The monoisotopic (exact) mass is 295 g/mol. The van der Waals surface area contributed by atoms with E-state index in [1.807, 2.05) is 32.6 Å². The molecular weight excluding hydrogens is 274 g/mol. The summed E-state index contributed by atoms with van der Waals surface area (Å²) in [5, 5.41) is 14.3. The van der Waals surface area contributed by atoms with E-state index in [1.54, 1.807) is 0 Å². The molecule has 8 heteroatoms. The molecule has 1 saturated heterocycles. The first-order valence-corrected chi connectivity index (χ1v) is 7.00. The summed E-state index contributed by atoms with van der Waals surface area (Å²) in [4.78, 5) is 21.0. The van der Waals surface area contributed by atoms with Gasteiger partial charge in [0.15, 0.2) is 0 Å². The van der Waals surface area contributed by atoms with Crippen LogP contribution < -0.4 is 10.2 Å². The fourth-order valence-corrected chi connectivity index (χ4v) is 2.68. The maximum atomic E-state index is 11.4. The zero-order valence-electron chi connectivity index (χ0n) is 12.8. The summed E-state index contributed by atoms with van der Waals surface area (Å²) in [6, 6.07) is 0. The van der Waals surface area contributed by atoms with Gasteiger partial charge in [-0.2, -0.15) is 0 Å². The normalized spacial score (nSPS) is 21.1. The summed E-state index contributed by atoms with van der Waals surface area (Å²) in [5.74, 6) is 0.596. The van der Waals surface area contributed by atoms with E-state index in [9.17, 15) is 10.1 Å². The van der Waals surface area contributed by atoms with Crippen LogP contribution in [0.2, 0.25) is 0 Å². The Morgan fingerprint density at radius 2 is 2.29 bits per heavy atom. The summed E-state index contributed by atoms with van der Waals surface area (Å²) in [6.45, 7) is 9.41. The molecule has 21 heavy (non-hydrogen) atoms. The molecular formula is C13H21N5O3. The Balaban J connectivity index is 2.43. The van der Waals surface area contributed by atoms with Gasteiger partial charge in [0.25, 0.3) is 0 Å². The Labute approximate surface area is 123 Å². The molecule has 0 amide bonds. The van der Waals surface area contributed by atoms with Gasteiger partial charge < -0.3 is 15.0 Å². The average Bonchev–Trinajstić information content (AvgIpc) is 2.36. The number of rotatable bonds is 4. The number of hydrogen-bond acceptors (Lipinski definition) is 7. The molecule has 2 rings (SSSR count). The molecule has 1 N–H and O–H groups in total. The average molecular weight is 295 g/mol. The van der Waals surface area contributed by atoms with Crippen molar-refractivity contribution in [1.29, 1.82) is 0 Å². The molecule has 1 aliphatic rings. The number of anilines is 2. The molecule has 0 bridgehead atoms. The molecule has 1 fully saturated rings. The topological polar surface area (TPSA) is 93.4 Å². The SMILES string of the molecule is CCNc1ncnc(N2CC(C)OC(C)(C)C2)c1[N+](=O)[O-]. The van der Waals surface area contributed by atoms with Crippen molar-refractivity contribution in [2.75, 3.05) is 29.9 Å². The number of nitro groups is 1. The van der Waals surface area contributed by atoms with E-state index in [2.05, 4.69) is 15.3 Å². The second kappa shape index (κ2) is 5.80. The lowest BCUT2D eigenvalue weighted by molar-refractivity contribution is -0.383. The van der Waals surface area contributed by atoms with Crippen molar-refractivity contribution in [2.45, 2.75) is 39.4 Å². The minimum Gasteiger partial charge on any atom is -0.369 e. The van der Waals surface area contributed by atoms with Crippen LogP contribution in [-0.4, -0.2) is 46.2 Å². The Bertz CT molecular complexity index is 535. The Hall–Kier alpha value is -1.96. The third-order valence-electron chi connectivity index (χ3n) is 3.20. The Morgan fingerprint density at radius 3 is 2.86 bits per heavy atom. The molecule has 0 radical (unpaired) electrons. The number of nitrogens with zero attached hydrogens (tertiary/aromatic N) is 4. The summed E-state index contributed by atoms with van der Waals surface area (Å²) in [7, 11) is 0. The van der Waals surface area contributed by atoms with Gasteiger partial charge in [0.2, 0.25) is 11.6 Å².